The lowest BCUT2D eigenvalue weighted by Gasteiger charge is -2.16. The molecule has 9 rings (SSSR count). The average Bonchev–Trinajstić information content (AvgIpc) is 3.60. The predicted molar refractivity (Wildman–Crippen MR) is 317 cm³/mol. The number of pyridine rings is 2. The normalized spacial score (nSPS) is 12.8. The van der Waals surface area contributed by atoms with Crippen LogP contribution < -0.4 is 42.6 Å². The molecule has 0 saturated carbocycles. The lowest BCUT2D eigenvalue weighted by atomic mass is 10.0. The molecule has 3 heterocycles. The highest BCUT2D eigenvalue weighted by Crippen LogP contribution is 2.28. The quantitative estimate of drug-likeness (QED) is 0.0141. The second-order valence-corrected chi connectivity index (χ2v) is 20.2. The van der Waals surface area contributed by atoms with E-state index in [0.29, 0.717) is 53.5 Å². The number of hydrogen-bond acceptors (Lipinski definition) is 10. The second-order valence-electron chi connectivity index (χ2n) is 20.2. The number of aromatic nitrogens is 4. The Balaban J connectivity index is 0.639. The molecule has 3 aromatic heterocycles. The van der Waals surface area contributed by atoms with E-state index < -0.39 is 0 Å². The fourth-order valence-corrected chi connectivity index (χ4v) is 9.70. The Morgan fingerprint density at radius 1 is 0.603 bits per heavy atom. The van der Waals surface area contributed by atoms with Crippen molar-refractivity contribution in [3.63, 3.8) is 0 Å². The van der Waals surface area contributed by atoms with Crippen LogP contribution in [-0.2, 0) is 0 Å². The van der Waals surface area contributed by atoms with Gasteiger partial charge in [0, 0.05) is 91.2 Å². The largest absolute Gasteiger partial charge is 0.397 e. The summed E-state index contributed by atoms with van der Waals surface area (Å²) in [6, 6.07) is 43.8. The summed E-state index contributed by atoms with van der Waals surface area (Å²) in [5.74, 6) is 0.518. The SMILES string of the molecule is CC1=C/C(=N/c2nc(C)c(N)cc2[NH2+]c2ccccc2)CC=C1NCCCCCCNC(=O)c1ccc(-c2ccc(C(=O)NCCCCCCNc3cc4c(cc3C)nc3nc(C)c(N)cc3[n+]4-c3ccccc3)cc2)cc1. The van der Waals surface area contributed by atoms with Crippen molar-refractivity contribution >= 4 is 74.0 Å². The highest BCUT2D eigenvalue weighted by Gasteiger charge is 2.23. The van der Waals surface area contributed by atoms with E-state index in [1.54, 1.807) is 0 Å². The van der Waals surface area contributed by atoms with E-state index in [4.69, 9.17) is 31.4 Å². The molecular formula is C64H72N12O2+2. The molecule has 0 spiro atoms. The molecule has 14 heteroatoms. The molecular weight excluding hydrogens is 969 g/mol. The van der Waals surface area contributed by atoms with Gasteiger partial charge in [0.1, 0.15) is 11.2 Å². The number of allylic oxidation sites excluding steroid dienone is 3. The zero-order chi connectivity index (χ0) is 54.4. The number of anilines is 3. The molecule has 0 saturated heterocycles. The van der Waals surface area contributed by atoms with Gasteiger partial charge in [-0.3, -0.25) is 14.9 Å². The van der Waals surface area contributed by atoms with Crippen LogP contribution in [-0.4, -0.2) is 58.7 Å². The van der Waals surface area contributed by atoms with Gasteiger partial charge in [-0.15, -0.1) is 4.57 Å². The first kappa shape index (κ1) is 54.1. The number of carbonyl (C=O) groups is 2. The topological polar surface area (TPSA) is 206 Å². The standard InChI is InChI=1S/C64H70N12O2/c1-42-37-51(74-61-58(39-53(65)44(3)71-61)73-50-19-11-9-12-20-50)31-32-55(42)67-33-15-5-7-17-35-69-63(77)48-27-23-46(24-28-48)47-25-29-49(30-26-47)64(78)70-36-18-8-6-16-34-68-56-41-59-57(38-43(56)2)75-62-60(40-54(66)45(4)72-62)76(59)52-21-13-10-14-22-52/h9-14,19-30,32,37-41,67,73H,5-8,15-18,31,33-36,65H2,1-4H3,(H4,66,68,69,70,77,78)/p+2/b74-51+. The van der Waals surface area contributed by atoms with Gasteiger partial charge in [0.25, 0.3) is 17.3 Å². The van der Waals surface area contributed by atoms with Crippen molar-refractivity contribution in [2.45, 2.75) is 85.5 Å². The summed E-state index contributed by atoms with van der Waals surface area (Å²) in [5, 5.41) is 15.5. The van der Waals surface area contributed by atoms with E-state index in [1.165, 1.54) is 0 Å². The second kappa shape index (κ2) is 25.9. The Bertz CT molecular complexity index is 3500. The highest BCUT2D eigenvalue weighted by atomic mass is 16.2. The fourth-order valence-electron chi connectivity index (χ4n) is 9.70. The molecule has 14 nitrogen and oxygen atoms in total. The van der Waals surface area contributed by atoms with Crippen molar-refractivity contribution in [3.8, 4) is 16.8 Å². The number of benzene rings is 5. The van der Waals surface area contributed by atoms with Crippen LogP contribution in [0.4, 0.5) is 34.3 Å². The summed E-state index contributed by atoms with van der Waals surface area (Å²) in [5.41, 5.74) is 30.4. The van der Waals surface area contributed by atoms with Crippen molar-refractivity contribution in [2.24, 2.45) is 4.99 Å². The lowest BCUT2D eigenvalue weighted by Crippen LogP contribution is -2.71. The molecule has 0 radical (unpaired) electrons. The molecule has 5 aromatic carbocycles. The first-order chi connectivity index (χ1) is 38.0. The summed E-state index contributed by atoms with van der Waals surface area (Å²) in [7, 11) is 0. The minimum Gasteiger partial charge on any atom is -0.397 e. The summed E-state index contributed by atoms with van der Waals surface area (Å²) in [6.45, 7) is 11.0. The Labute approximate surface area is 457 Å². The van der Waals surface area contributed by atoms with Crippen molar-refractivity contribution in [1.29, 1.82) is 0 Å². The number of para-hydroxylation sites is 2. The maximum Gasteiger partial charge on any atom is 0.258 e. The lowest BCUT2D eigenvalue weighted by molar-refractivity contribution is -0.538. The third kappa shape index (κ3) is 13.8. The Morgan fingerprint density at radius 2 is 1.17 bits per heavy atom. The van der Waals surface area contributed by atoms with Crippen LogP contribution in [0, 0.1) is 20.8 Å². The van der Waals surface area contributed by atoms with Crippen LogP contribution in [0.2, 0.25) is 0 Å². The number of nitrogens with two attached hydrogens (primary N) is 3. The number of nitrogen functional groups attached to an aromatic ring is 2. The van der Waals surface area contributed by atoms with Crippen molar-refractivity contribution in [1.82, 2.24) is 30.9 Å². The highest BCUT2D eigenvalue weighted by molar-refractivity contribution is 6.00. The minimum atomic E-state index is -0.0791. The number of nitrogens with zero attached hydrogens (tertiary/aromatic N) is 5. The number of hydrogen-bond donors (Lipinski definition) is 7. The molecule has 0 fully saturated rings. The summed E-state index contributed by atoms with van der Waals surface area (Å²) in [6.07, 6.45) is 13.1. The van der Waals surface area contributed by atoms with Crippen LogP contribution in [0.25, 0.3) is 39.0 Å². The molecule has 8 aromatic rings. The number of aliphatic imine (C=N–C) groups is 1. The third-order valence-electron chi connectivity index (χ3n) is 14.2. The maximum absolute atomic E-state index is 13.0. The number of quaternary nitrogens is 1. The van der Waals surface area contributed by atoms with Gasteiger partial charge in [-0.2, -0.15) is 0 Å². The van der Waals surface area contributed by atoms with Crippen LogP contribution in [0.3, 0.4) is 0 Å². The minimum absolute atomic E-state index is 0.0746. The maximum atomic E-state index is 13.0. The number of rotatable bonds is 23. The molecule has 0 bridgehead atoms. The smallest absolute Gasteiger partial charge is 0.258 e. The predicted octanol–water partition coefficient (Wildman–Crippen LogP) is 11.0. The molecule has 78 heavy (non-hydrogen) atoms. The van der Waals surface area contributed by atoms with Gasteiger partial charge in [-0.25, -0.2) is 19.9 Å². The van der Waals surface area contributed by atoms with Gasteiger partial charge in [0.2, 0.25) is 22.7 Å². The van der Waals surface area contributed by atoms with E-state index in [9.17, 15) is 9.59 Å². The number of fused-ring (bicyclic) bond motifs is 2. The van der Waals surface area contributed by atoms with Crippen molar-refractivity contribution in [2.75, 3.05) is 43.0 Å². The summed E-state index contributed by atoms with van der Waals surface area (Å²) < 4.78 is 2.19. The summed E-state index contributed by atoms with van der Waals surface area (Å²) in [4.78, 5) is 45.3. The van der Waals surface area contributed by atoms with Crippen LogP contribution >= 0.6 is 0 Å². The molecule has 1 aliphatic carbocycles. The van der Waals surface area contributed by atoms with Gasteiger partial charge in [-0.1, -0.05) is 92.4 Å². The van der Waals surface area contributed by atoms with E-state index in [1.807, 2.05) is 111 Å². The fraction of sp³-hybridized carbons (Fsp3) is 0.266. The van der Waals surface area contributed by atoms with E-state index in [-0.39, 0.29) is 11.8 Å². The molecule has 10 N–H and O–H groups in total. The number of amides is 2. The molecule has 1 aliphatic rings. The Morgan fingerprint density at radius 3 is 1.78 bits per heavy atom. The van der Waals surface area contributed by atoms with Crippen LogP contribution in [0.15, 0.2) is 162 Å². The number of nitrogens with one attached hydrogen (secondary N) is 4. The molecule has 0 aliphatic heterocycles. The van der Waals surface area contributed by atoms with Gasteiger partial charge < -0.3 is 32.7 Å². The van der Waals surface area contributed by atoms with Gasteiger partial charge >= 0.3 is 0 Å². The molecule has 2 amide bonds. The Kier molecular flexibility index (Phi) is 17.9. The molecule has 0 atom stereocenters. The van der Waals surface area contributed by atoms with E-state index in [0.717, 1.165) is 149 Å². The van der Waals surface area contributed by atoms with E-state index >= 15 is 0 Å². The monoisotopic (exact) mass is 1040 g/mol. The average molecular weight is 1040 g/mol. The van der Waals surface area contributed by atoms with E-state index in [2.05, 4.69) is 93.5 Å². The number of unbranched alkanes of at least 4 members (excludes halogenated alkanes) is 6. The van der Waals surface area contributed by atoms with Crippen molar-refractivity contribution in [3.05, 3.63) is 185 Å². The number of carbonyl (C=O) groups excluding carboxylic acids is 2. The molecule has 0 unspecified atom stereocenters. The van der Waals surface area contributed by atoms with Gasteiger partial charge in [-0.05, 0) is 124 Å². The van der Waals surface area contributed by atoms with Crippen LogP contribution in [0.5, 0.6) is 0 Å². The van der Waals surface area contributed by atoms with Gasteiger partial charge in [0.15, 0.2) is 5.69 Å². The van der Waals surface area contributed by atoms with Gasteiger partial charge in [0.05, 0.1) is 22.8 Å². The van der Waals surface area contributed by atoms with Crippen LogP contribution in [0.1, 0.15) is 102 Å². The first-order valence-corrected chi connectivity index (χ1v) is 27.3. The number of aryl methyl sites for hydroxylation is 3. The summed E-state index contributed by atoms with van der Waals surface area (Å²) >= 11 is 0. The molecule has 398 valence electrons. The first-order valence-electron chi connectivity index (χ1n) is 27.3. The zero-order valence-corrected chi connectivity index (χ0v) is 45.3. The van der Waals surface area contributed by atoms with Crippen molar-refractivity contribution < 1.29 is 19.5 Å². The Hall–Kier alpha value is -8.75. The zero-order valence-electron chi connectivity index (χ0n) is 45.3. The third-order valence-corrected chi connectivity index (χ3v) is 14.2.